The molecule has 0 saturated heterocycles. The zero-order valence-corrected chi connectivity index (χ0v) is 14.5. The highest BCUT2D eigenvalue weighted by molar-refractivity contribution is 14.1. The van der Waals surface area contributed by atoms with E-state index in [1.165, 1.54) is 38.5 Å². The first-order chi connectivity index (χ1) is 9.31. The average molecular weight is 386 g/mol. The molecule has 4 bridgehead atoms. The van der Waals surface area contributed by atoms with Gasteiger partial charge in [-0.1, -0.05) is 19.0 Å². The van der Waals surface area contributed by atoms with E-state index in [9.17, 15) is 0 Å². The average Bonchev–Trinajstić information content (AvgIpc) is 2.55. The Morgan fingerprint density at radius 3 is 2.35 bits per heavy atom. The van der Waals surface area contributed by atoms with Crippen LogP contribution in [0.1, 0.15) is 58.1 Å². The van der Waals surface area contributed by atoms with Crippen molar-refractivity contribution in [2.45, 2.75) is 58.8 Å². The summed E-state index contributed by atoms with van der Waals surface area (Å²) in [4.78, 5) is 0. The first-order valence-electron chi connectivity index (χ1n) is 7.70. The molecule has 4 saturated carbocycles. The second kappa shape index (κ2) is 3.93. The van der Waals surface area contributed by atoms with Crippen LogP contribution in [0.2, 0.25) is 0 Å². The first kappa shape index (κ1) is 13.4. The van der Waals surface area contributed by atoms with Gasteiger partial charge in [-0.2, -0.15) is 0 Å². The summed E-state index contributed by atoms with van der Waals surface area (Å²) in [5.41, 5.74) is 7.41. The van der Waals surface area contributed by atoms with Crippen molar-refractivity contribution in [2.24, 2.45) is 22.2 Å². The van der Waals surface area contributed by atoms with Crippen LogP contribution < -0.4 is 5.73 Å². The van der Waals surface area contributed by atoms with E-state index in [4.69, 9.17) is 10.3 Å². The van der Waals surface area contributed by atoms with Crippen LogP contribution in [0.5, 0.6) is 0 Å². The third kappa shape index (κ3) is 1.93. The van der Waals surface area contributed by atoms with Crippen LogP contribution in [-0.2, 0) is 6.42 Å². The van der Waals surface area contributed by atoms with E-state index in [-0.39, 0.29) is 0 Å². The highest BCUT2D eigenvalue weighted by Crippen LogP contribution is 2.70. The molecule has 20 heavy (non-hydrogen) atoms. The number of hydrogen-bond acceptors (Lipinski definition) is 3. The van der Waals surface area contributed by atoms with E-state index in [0.717, 1.165) is 21.7 Å². The highest BCUT2D eigenvalue weighted by atomic mass is 127. The molecule has 4 heteroatoms. The molecular weight excluding hydrogens is 363 g/mol. The number of anilines is 1. The van der Waals surface area contributed by atoms with Crippen molar-refractivity contribution in [2.75, 3.05) is 5.73 Å². The van der Waals surface area contributed by atoms with E-state index < -0.39 is 0 Å². The first-order valence-corrected chi connectivity index (χ1v) is 8.78. The summed E-state index contributed by atoms with van der Waals surface area (Å²) >= 11 is 2.28. The Morgan fingerprint density at radius 1 is 1.20 bits per heavy atom. The maximum Gasteiger partial charge on any atom is 0.180 e. The molecule has 0 aliphatic heterocycles. The van der Waals surface area contributed by atoms with Crippen molar-refractivity contribution in [3.05, 3.63) is 9.33 Å². The summed E-state index contributed by atoms with van der Waals surface area (Å²) in [7, 11) is 0. The van der Waals surface area contributed by atoms with Gasteiger partial charge >= 0.3 is 0 Å². The van der Waals surface area contributed by atoms with Crippen LogP contribution >= 0.6 is 22.6 Å². The van der Waals surface area contributed by atoms with Gasteiger partial charge in [-0.3, -0.25) is 0 Å². The lowest BCUT2D eigenvalue weighted by atomic mass is 9.40. The third-order valence-corrected chi connectivity index (χ3v) is 7.16. The van der Waals surface area contributed by atoms with Gasteiger partial charge in [-0.05, 0) is 83.3 Å². The lowest BCUT2D eigenvalue weighted by Gasteiger charge is -2.65. The van der Waals surface area contributed by atoms with E-state index in [1.807, 2.05) is 0 Å². The summed E-state index contributed by atoms with van der Waals surface area (Å²) in [6.45, 7) is 5.04. The van der Waals surface area contributed by atoms with E-state index >= 15 is 0 Å². The van der Waals surface area contributed by atoms with Gasteiger partial charge in [-0.25, -0.2) is 0 Å². The van der Waals surface area contributed by atoms with Gasteiger partial charge in [0.2, 0.25) is 0 Å². The largest absolute Gasteiger partial charge is 0.380 e. The monoisotopic (exact) mass is 386 g/mol. The number of nitrogens with two attached hydrogens (primary N) is 1. The Kier molecular flexibility index (Phi) is 2.63. The van der Waals surface area contributed by atoms with Crippen molar-refractivity contribution in [1.82, 2.24) is 5.16 Å². The zero-order valence-electron chi connectivity index (χ0n) is 12.3. The van der Waals surface area contributed by atoms with E-state index in [1.54, 1.807) is 0 Å². The smallest absolute Gasteiger partial charge is 0.180 e. The SMILES string of the molecule is CC12CC3CC(C)(C1)CC(Cc1onc(N)c1I)(C3)C2. The van der Waals surface area contributed by atoms with Gasteiger partial charge in [0.1, 0.15) is 0 Å². The fourth-order valence-corrected chi connectivity index (χ4v) is 7.05. The topological polar surface area (TPSA) is 52.0 Å². The van der Waals surface area contributed by atoms with Gasteiger partial charge < -0.3 is 10.3 Å². The van der Waals surface area contributed by atoms with Crippen LogP contribution in [0, 0.1) is 25.7 Å². The van der Waals surface area contributed by atoms with Crippen molar-refractivity contribution in [1.29, 1.82) is 0 Å². The molecular formula is C16H23IN2O. The van der Waals surface area contributed by atoms with E-state index in [2.05, 4.69) is 41.6 Å². The summed E-state index contributed by atoms with van der Waals surface area (Å²) < 4.78 is 6.55. The van der Waals surface area contributed by atoms with Crippen molar-refractivity contribution in [3.8, 4) is 0 Å². The maximum absolute atomic E-state index is 5.85. The molecule has 110 valence electrons. The highest BCUT2D eigenvalue weighted by Gasteiger charge is 2.60. The lowest BCUT2D eigenvalue weighted by Crippen LogP contribution is -2.55. The van der Waals surface area contributed by atoms with Gasteiger partial charge in [0.05, 0.1) is 3.57 Å². The molecule has 4 fully saturated rings. The Morgan fingerprint density at radius 2 is 1.85 bits per heavy atom. The van der Waals surface area contributed by atoms with Crippen molar-refractivity contribution < 1.29 is 4.52 Å². The molecule has 0 amide bonds. The molecule has 4 aliphatic carbocycles. The molecule has 0 aromatic carbocycles. The van der Waals surface area contributed by atoms with Gasteiger partial charge in [0, 0.05) is 6.42 Å². The standard InChI is InChI=1S/C16H23IN2O/c1-14-3-10-4-15(2,7-14)9-16(5-10,8-14)6-11-12(17)13(18)19-20-11/h10H,3-9H2,1-2H3,(H2,18,19). The summed E-state index contributed by atoms with van der Waals surface area (Å²) in [5, 5.41) is 3.94. The lowest BCUT2D eigenvalue weighted by molar-refractivity contribution is -0.145. The Labute approximate surface area is 134 Å². The predicted octanol–water partition coefficient (Wildman–Crippen LogP) is 4.40. The molecule has 1 aromatic heterocycles. The second-order valence-electron chi connectivity index (χ2n) is 8.61. The van der Waals surface area contributed by atoms with Gasteiger partial charge in [0.25, 0.3) is 0 Å². The van der Waals surface area contributed by atoms with E-state index in [0.29, 0.717) is 22.1 Å². The van der Waals surface area contributed by atoms with Gasteiger partial charge in [0.15, 0.2) is 11.6 Å². The molecule has 1 aromatic rings. The summed E-state index contributed by atoms with van der Waals surface area (Å²) in [6, 6.07) is 0. The molecule has 0 spiro atoms. The molecule has 0 radical (unpaired) electrons. The molecule has 5 rings (SSSR count). The Hall–Kier alpha value is -0.260. The second-order valence-corrected chi connectivity index (χ2v) is 9.69. The fourth-order valence-electron chi connectivity index (χ4n) is 6.66. The number of rotatable bonds is 2. The van der Waals surface area contributed by atoms with Crippen molar-refractivity contribution in [3.63, 3.8) is 0 Å². The zero-order chi connectivity index (χ0) is 14.2. The van der Waals surface area contributed by atoms with Crippen LogP contribution in [0.3, 0.4) is 0 Å². The molecule has 2 atom stereocenters. The van der Waals surface area contributed by atoms with Crippen LogP contribution in [0.15, 0.2) is 4.52 Å². The normalized spacial score (nSPS) is 46.0. The quantitative estimate of drug-likeness (QED) is 0.767. The minimum Gasteiger partial charge on any atom is -0.380 e. The third-order valence-electron chi connectivity index (χ3n) is 6.00. The summed E-state index contributed by atoms with van der Waals surface area (Å²) in [6.07, 6.45) is 9.46. The van der Waals surface area contributed by atoms with Gasteiger partial charge in [-0.15, -0.1) is 0 Å². The molecule has 1 heterocycles. The minimum atomic E-state index is 0.439. The summed E-state index contributed by atoms with van der Waals surface area (Å²) in [5.74, 6) is 2.51. The Balaban J connectivity index is 1.69. The number of aromatic nitrogens is 1. The molecule has 2 N–H and O–H groups in total. The van der Waals surface area contributed by atoms with Crippen molar-refractivity contribution >= 4 is 28.4 Å². The number of halogens is 1. The van der Waals surface area contributed by atoms with Crippen LogP contribution in [0.25, 0.3) is 0 Å². The number of hydrogen-bond donors (Lipinski definition) is 1. The van der Waals surface area contributed by atoms with Crippen LogP contribution in [0.4, 0.5) is 5.82 Å². The predicted molar refractivity (Wildman–Crippen MR) is 87.2 cm³/mol. The molecule has 3 nitrogen and oxygen atoms in total. The maximum atomic E-state index is 5.85. The molecule has 4 aliphatic rings. The fraction of sp³-hybridized carbons (Fsp3) is 0.812. The number of nitrogen functional groups attached to an aromatic ring is 1. The number of nitrogens with zero attached hydrogens (tertiary/aromatic N) is 1. The Bertz CT molecular complexity index is 549. The molecule has 2 unspecified atom stereocenters. The van der Waals surface area contributed by atoms with Crippen LogP contribution in [-0.4, -0.2) is 5.16 Å². The minimum absolute atomic E-state index is 0.439.